The second kappa shape index (κ2) is 5.80. The van der Waals surface area contributed by atoms with Crippen LogP contribution in [0.2, 0.25) is 0 Å². The van der Waals surface area contributed by atoms with Gasteiger partial charge in [0.15, 0.2) is 17.5 Å². The zero-order valence-corrected chi connectivity index (χ0v) is 13.4. The first-order chi connectivity index (χ1) is 12.5. The van der Waals surface area contributed by atoms with Crippen LogP contribution in [-0.2, 0) is 0 Å². The summed E-state index contributed by atoms with van der Waals surface area (Å²) in [5.74, 6) is -4.11. The number of fused-ring (bicyclic) bond motifs is 1. The molecule has 0 fully saturated rings. The number of hydrogen-bond donors (Lipinski definition) is 3. The van der Waals surface area contributed by atoms with Gasteiger partial charge in [-0.05, 0) is 30.3 Å². The van der Waals surface area contributed by atoms with E-state index in [4.69, 9.17) is 0 Å². The van der Waals surface area contributed by atoms with E-state index in [2.05, 4.69) is 20.3 Å². The van der Waals surface area contributed by atoms with Gasteiger partial charge in [-0.3, -0.25) is 9.55 Å². The Bertz CT molecular complexity index is 1190. The number of nitrogens with one attached hydrogen (secondary N) is 3. The Morgan fingerprint density at radius 3 is 2.69 bits per heavy atom. The highest BCUT2D eigenvalue weighted by Gasteiger charge is 2.23. The van der Waals surface area contributed by atoms with Crippen molar-refractivity contribution in [1.29, 1.82) is 0 Å². The molecule has 0 saturated heterocycles. The minimum atomic E-state index is -1.60. The Labute approximate surface area is 144 Å². The molecule has 0 spiro atoms. The molecule has 0 aliphatic heterocycles. The van der Waals surface area contributed by atoms with Gasteiger partial charge in [0.05, 0.1) is 23.0 Å². The van der Waals surface area contributed by atoms with Crippen molar-refractivity contribution in [1.82, 2.24) is 19.5 Å². The molecule has 2 aromatic heterocycles. The molecule has 3 N–H and O–H groups in total. The number of rotatable bonds is 3. The molecule has 9 heteroatoms. The first kappa shape index (κ1) is 16.0. The summed E-state index contributed by atoms with van der Waals surface area (Å²) < 4.78 is 42.6. The Morgan fingerprint density at radius 2 is 1.92 bits per heavy atom. The summed E-state index contributed by atoms with van der Waals surface area (Å²) in [7, 11) is 1.52. The predicted octanol–water partition coefficient (Wildman–Crippen LogP) is 3.17. The zero-order chi connectivity index (χ0) is 18.4. The lowest BCUT2D eigenvalue weighted by Crippen LogP contribution is -2.16. The summed E-state index contributed by atoms with van der Waals surface area (Å²) in [6.07, 6.45) is 1.50. The molecule has 0 aliphatic rings. The number of halogens is 3. The Kier molecular flexibility index (Phi) is 3.57. The van der Waals surface area contributed by atoms with Crippen molar-refractivity contribution < 1.29 is 13.2 Å². The van der Waals surface area contributed by atoms with Crippen LogP contribution in [-0.4, -0.2) is 26.6 Å². The summed E-state index contributed by atoms with van der Waals surface area (Å²) in [6.45, 7) is 0. The first-order valence-electron chi connectivity index (χ1n) is 7.61. The van der Waals surface area contributed by atoms with Gasteiger partial charge in [0.2, 0.25) is 0 Å². The van der Waals surface area contributed by atoms with E-state index >= 15 is 0 Å². The molecule has 0 atom stereocenters. The maximum atomic E-state index is 14.4. The summed E-state index contributed by atoms with van der Waals surface area (Å²) in [5.41, 5.74) is 0.991. The summed E-state index contributed by atoms with van der Waals surface area (Å²) in [6, 6.07) is 6.86. The van der Waals surface area contributed by atoms with E-state index in [0.717, 1.165) is 12.1 Å². The average molecular weight is 359 g/mol. The Balaban J connectivity index is 2.04. The second-order valence-electron chi connectivity index (χ2n) is 5.57. The lowest BCUT2D eigenvalue weighted by atomic mass is 10.1. The van der Waals surface area contributed by atoms with Gasteiger partial charge in [-0.2, -0.15) is 0 Å². The van der Waals surface area contributed by atoms with Crippen LogP contribution >= 0.6 is 0 Å². The number of aromatic amines is 2. The molecular weight excluding hydrogens is 347 g/mol. The van der Waals surface area contributed by atoms with Crippen molar-refractivity contribution in [2.45, 2.75) is 0 Å². The number of hydrogen-bond acceptors (Lipinski definition) is 3. The Hall–Kier alpha value is -3.49. The van der Waals surface area contributed by atoms with Crippen LogP contribution in [0.25, 0.3) is 28.0 Å². The highest BCUT2D eigenvalue weighted by Crippen LogP contribution is 2.32. The van der Waals surface area contributed by atoms with Crippen molar-refractivity contribution in [3.8, 4) is 16.9 Å². The van der Waals surface area contributed by atoms with E-state index in [9.17, 15) is 18.0 Å². The van der Waals surface area contributed by atoms with Crippen LogP contribution in [0, 0.1) is 17.5 Å². The van der Waals surface area contributed by atoms with Crippen molar-refractivity contribution >= 4 is 16.9 Å². The fraction of sp³-hybridized carbons (Fsp3) is 0.0588. The molecule has 0 amide bonds. The van der Waals surface area contributed by atoms with Gasteiger partial charge in [0, 0.05) is 12.6 Å². The molecule has 6 nitrogen and oxygen atoms in total. The van der Waals surface area contributed by atoms with Crippen LogP contribution in [0.4, 0.5) is 19.0 Å². The van der Waals surface area contributed by atoms with Crippen molar-refractivity contribution in [2.24, 2.45) is 0 Å². The van der Waals surface area contributed by atoms with Gasteiger partial charge in [0.1, 0.15) is 11.5 Å². The van der Waals surface area contributed by atoms with Crippen molar-refractivity contribution in [2.75, 3.05) is 12.4 Å². The van der Waals surface area contributed by atoms with E-state index < -0.39 is 23.1 Å². The fourth-order valence-electron chi connectivity index (χ4n) is 2.89. The third kappa shape index (κ3) is 2.28. The standard InChI is InChI=1S/C17H12F3N5O/c1-21-16-15(9-3-4-10(18)14(20)13(9)19)25(17(26)24-16)8-2-5-11-12(6-8)23-7-22-11/h2-7,21H,1H3,(H,22,23)(H,24,26). The van der Waals surface area contributed by atoms with E-state index in [-0.39, 0.29) is 17.1 Å². The van der Waals surface area contributed by atoms with Crippen LogP contribution < -0.4 is 11.0 Å². The number of anilines is 1. The van der Waals surface area contributed by atoms with Crippen LogP contribution in [0.5, 0.6) is 0 Å². The van der Waals surface area contributed by atoms with Gasteiger partial charge in [0.25, 0.3) is 0 Å². The van der Waals surface area contributed by atoms with Crippen LogP contribution in [0.3, 0.4) is 0 Å². The SMILES string of the molecule is CNc1[nH]c(=O)n(-c2ccc3nc[nH]c3c2)c1-c1ccc(F)c(F)c1F. The van der Waals surface area contributed by atoms with Crippen LogP contribution in [0.1, 0.15) is 0 Å². The predicted molar refractivity (Wildman–Crippen MR) is 90.9 cm³/mol. The zero-order valence-electron chi connectivity index (χ0n) is 13.4. The van der Waals surface area contributed by atoms with Crippen molar-refractivity contribution in [3.05, 3.63) is 64.6 Å². The van der Waals surface area contributed by atoms with Gasteiger partial charge < -0.3 is 10.3 Å². The molecule has 0 aliphatic carbocycles. The van der Waals surface area contributed by atoms with E-state index in [1.54, 1.807) is 18.2 Å². The Morgan fingerprint density at radius 1 is 1.12 bits per heavy atom. The van der Waals surface area contributed by atoms with Crippen molar-refractivity contribution in [3.63, 3.8) is 0 Å². The quantitative estimate of drug-likeness (QED) is 0.492. The number of H-pyrrole nitrogens is 2. The topological polar surface area (TPSA) is 78.5 Å². The molecule has 0 unspecified atom stereocenters. The van der Waals surface area contributed by atoms with E-state index in [0.29, 0.717) is 16.7 Å². The molecule has 132 valence electrons. The first-order valence-corrected chi connectivity index (χ1v) is 7.61. The lowest BCUT2D eigenvalue weighted by molar-refractivity contribution is 0.448. The molecule has 0 radical (unpaired) electrons. The lowest BCUT2D eigenvalue weighted by Gasteiger charge is -2.11. The second-order valence-corrected chi connectivity index (χ2v) is 5.57. The smallest absolute Gasteiger partial charge is 0.332 e. The molecule has 0 bridgehead atoms. The molecular formula is C17H12F3N5O. The van der Waals surface area contributed by atoms with Gasteiger partial charge in [-0.15, -0.1) is 0 Å². The molecule has 2 aromatic carbocycles. The van der Waals surface area contributed by atoms with Gasteiger partial charge >= 0.3 is 5.69 Å². The molecule has 4 rings (SSSR count). The minimum Gasteiger partial charge on any atom is -0.373 e. The normalized spacial score (nSPS) is 11.2. The summed E-state index contributed by atoms with van der Waals surface area (Å²) in [4.78, 5) is 22.1. The maximum absolute atomic E-state index is 14.4. The van der Waals surface area contributed by atoms with Crippen LogP contribution in [0.15, 0.2) is 41.5 Å². The summed E-state index contributed by atoms with van der Waals surface area (Å²) >= 11 is 0. The average Bonchev–Trinajstić information content (AvgIpc) is 3.23. The largest absolute Gasteiger partial charge is 0.373 e. The van der Waals surface area contributed by atoms with Gasteiger partial charge in [-0.25, -0.2) is 22.9 Å². The number of imidazole rings is 2. The third-order valence-corrected chi connectivity index (χ3v) is 4.10. The monoisotopic (exact) mass is 359 g/mol. The highest BCUT2D eigenvalue weighted by molar-refractivity contribution is 5.79. The summed E-state index contributed by atoms with van der Waals surface area (Å²) in [5, 5.41) is 2.74. The number of benzene rings is 2. The number of nitrogens with zero attached hydrogens (tertiary/aromatic N) is 2. The fourth-order valence-corrected chi connectivity index (χ4v) is 2.89. The maximum Gasteiger partial charge on any atom is 0.332 e. The minimum absolute atomic E-state index is 0.0489. The molecule has 26 heavy (non-hydrogen) atoms. The molecule has 4 aromatic rings. The third-order valence-electron chi connectivity index (χ3n) is 4.10. The highest BCUT2D eigenvalue weighted by atomic mass is 19.2. The van der Waals surface area contributed by atoms with E-state index in [1.807, 2.05) is 0 Å². The number of aromatic nitrogens is 4. The molecule has 2 heterocycles. The molecule has 0 saturated carbocycles. The van der Waals surface area contributed by atoms with E-state index in [1.165, 1.54) is 17.9 Å². The van der Waals surface area contributed by atoms with Gasteiger partial charge in [-0.1, -0.05) is 0 Å².